The third-order valence-corrected chi connectivity index (χ3v) is 3.78. The van der Waals surface area contributed by atoms with Crippen molar-refractivity contribution in [3.63, 3.8) is 0 Å². The summed E-state index contributed by atoms with van der Waals surface area (Å²) >= 11 is 0. The van der Waals surface area contributed by atoms with Gasteiger partial charge in [-0.2, -0.15) is 0 Å². The van der Waals surface area contributed by atoms with Gasteiger partial charge in [0, 0.05) is 12.6 Å². The number of para-hydroxylation sites is 1. The molecule has 1 amide bonds. The van der Waals surface area contributed by atoms with Gasteiger partial charge >= 0.3 is 6.09 Å². The summed E-state index contributed by atoms with van der Waals surface area (Å²) in [5, 5.41) is 6.08. The molecule has 0 spiro atoms. The van der Waals surface area contributed by atoms with Gasteiger partial charge in [0.1, 0.15) is 11.4 Å². The molecular weight excluding hydrogens is 283 g/mol. The molecule has 4 nitrogen and oxygen atoms in total. The highest BCUT2D eigenvalue weighted by molar-refractivity contribution is 5.67. The molecule has 0 bridgehead atoms. The van der Waals surface area contributed by atoms with Crippen LogP contribution in [0.15, 0.2) is 24.3 Å². The van der Waals surface area contributed by atoms with Crippen LogP contribution in [0.3, 0.4) is 0 Å². The molecule has 1 aromatic carbocycles. The molecule has 5 heteroatoms. The summed E-state index contributed by atoms with van der Waals surface area (Å²) < 4.78 is 19.0. The minimum absolute atomic E-state index is 0.173. The highest BCUT2D eigenvalue weighted by Crippen LogP contribution is 2.29. The van der Waals surface area contributed by atoms with Gasteiger partial charge in [0.2, 0.25) is 0 Å². The van der Waals surface area contributed by atoms with E-state index in [2.05, 4.69) is 10.6 Å². The molecule has 2 N–H and O–H groups in total. The number of hydrogen-bond donors (Lipinski definition) is 2. The van der Waals surface area contributed by atoms with Gasteiger partial charge in [-0.3, -0.25) is 0 Å². The van der Waals surface area contributed by atoms with E-state index in [1.165, 1.54) is 6.07 Å². The minimum atomic E-state index is -0.495. The lowest BCUT2D eigenvalue weighted by atomic mass is 10.0. The number of carbonyl (C=O) groups is 1. The number of hydrogen-bond acceptors (Lipinski definition) is 3. The summed E-state index contributed by atoms with van der Waals surface area (Å²) in [6.45, 7) is 6.06. The van der Waals surface area contributed by atoms with Gasteiger partial charge in [-0.05, 0) is 51.7 Å². The summed E-state index contributed by atoms with van der Waals surface area (Å²) in [5.74, 6) is 0.0420. The number of amides is 1. The van der Waals surface area contributed by atoms with Crippen LogP contribution in [0.2, 0.25) is 0 Å². The molecule has 1 aliphatic carbocycles. The first-order chi connectivity index (χ1) is 10.3. The Morgan fingerprint density at radius 3 is 2.73 bits per heavy atom. The van der Waals surface area contributed by atoms with E-state index in [0.29, 0.717) is 12.2 Å². The van der Waals surface area contributed by atoms with Crippen molar-refractivity contribution in [2.24, 2.45) is 5.92 Å². The largest absolute Gasteiger partial charge is 0.444 e. The Bertz CT molecular complexity index is 514. The van der Waals surface area contributed by atoms with Crippen LogP contribution in [0, 0.1) is 11.7 Å². The Morgan fingerprint density at radius 1 is 1.32 bits per heavy atom. The lowest BCUT2D eigenvalue weighted by molar-refractivity contribution is 0.0519. The van der Waals surface area contributed by atoms with Crippen molar-refractivity contribution in [2.45, 2.75) is 51.7 Å². The van der Waals surface area contributed by atoms with Crippen molar-refractivity contribution < 1.29 is 13.9 Å². The van der Waals surface area contributed by atoms with E-state index in [1.807, 2.05) is 26.8 Å². The van der Waals surface area contributed by atoms with Gasteiger partial charge < -0.3 is 15.4 Å². The number of alkyl carbamates (subject to hydrolysis) is 1. The van der Waals surface area contributed by atoms with Crippen LogP contribution < -0.4 is 10.6 Å². The van der Waals surface area contributed by atoms with Gasteiger partial charge in [0.15, 0.2) is 0 Å². The molecule has 1 aromatic rings. The van der Waals surface area contributed by atoms with E-state index in [-0.39, 0.29) is 17.8 Å². The lowest BCUT2D eigenvalue weighted by Crippen LogP contribution is -2.38. The third-order valence-electron chi connectivity index (χ3n) is 3.78. The summed E-state index contributed by atoms with van der Waals surface area (Å²) in [4.78, 5) is 11.7. The molecule has 0 radical (unpaired) electrons. The quantitative estimate of drug-likeness (QED) is 0.886. The predicted octanol–water partition coefficient (Wildman–Crippen LogP) is 3.93. The molecule has 1 aliphatic rings. The summed E-state index contributed by atoms with van der Waals surface area (Å²) in [5.41, 5.74) is 0.0292. The first kappa shape index (κ1) is 16.6. The Hall–Kier alpha value is -1.78. The van der Waals surface area contributed by atoms with E-state index in [9.17, 15) is 9.18 Å². The average molecular weight is 308 g/mol. The average Bonchev–Trinajstić information content (AvgIpc) is 2.84. The lowest BCUT2D eigenvalue weighted by Gasteiger charge is -2.24. The molecule has 1 fully saturated rings. The van der Waals surface area contributed by atoms with E-state index in [4.69, 9.17) is 4.74 Å². The molecule has 1 saturated carbocycles. The van der Waals surface area contributed by atoms with E-state index in [0.717, 1.165) is 19.3 Å². The third kappa shape index (κ3) is 4.90. The van der Waals surface area contributed by atoms with E-state index >= 15 is 0 Å². The van der Waals surface area contributed by atoms with Gasteiger partial charge in [0.25, 0.3) is 0 Å². The van der Waals surface area contributed by atoms with Crippen LogP contribution in [0.5, 0.6) is 0 Å². The SMILES string of the molecule is CC(C)(C)OC(=O)NCC1CCCC1Nc1ccccc1F. The molecule has 22 heavy (non-hydrogen) atoms. The van der Waals surface area contributed by atoms with Crippen LogP contribution in [-0.4, -0.2) is 24.3 Å². The predicted molar refractivity (Wildman–Crippen MR) is 85.4 cm³/mol. The highest BCUT2D eigenvalue weighted by Gasteiger charge is 2.28. The van der Waals surface area contributed by atoms with Crippen molar-refractivity contribution in [2.75, 3.05) is 11.9 Å². The second-order valence-corrected chi connectivity index (χ2v) is 6.80. The maximum atomic E-state index is 13.7. The van der Waals surface area contributed by atoms with Crippen LogP contribution >= 0.6 is 0 Å². The summed E-state index contributed by atoms with van der Waals surface area (Å²) in [6.07, 6.45) is 2.67. The number of carbonyl (C=O) groups excluding carboxylic acids is 1. The smallest absolute Gasteiger partial charge is 0.407 e. The van der Waals surface area contributed by atoms with Gasteiger partial charge in [-0.1, -0.05) is 18.6 Å². The van der Waals surface area contributed by atoms with E-state index < -0.39 is 11.7 Å². The fourth-order valence-electron chi connectivity index (χ4n) is 2.78. The number of benzene rings is 1. The van der Waals surface area contributed by atoms with Crippen LogP contribution in [0.25, 0.3) is 0 Å². The topological polar surface area (TPSA) is 50.4 Å². The molecule has 0 heterocycles. The maximum Gasteiger partial charge on any atom is 0.407 e. The van der Waals surface area contributed by atoms with Crippen molar-refractivity contribution >= 4 is 11.8 Å². The second kappa shape index (κ2) is 6.99. The van der Waals surface area contributed by atoms with Crippen LogP contribution in [0.4, 0.5) is 14.9 Å². The first-order valence-electron chi connectivity index (χ1n) is 7.83. The van der Waals surface area contributed by atoms with Gasteiger partial charge in [-0.15, -0.1) is 0 Å². The Morgan fingerprint density at radius 2 is 2.05 bits per heavy atom. The zero-order valence-corrected chi connectivity index (χ0v) is 13.5. The molecular formula is C17H25FN2O2. The standard InChI is InChI=1S/C17H25FN2O2/c1-17(2,3)22-16(21)19-11-12-7-6-10-14(12)20-15-9-5-4-8-13(15)18/h4-5,8-9,12,14,20H,6-7,10-11H2,1-3H3,(H,19,21). The fraction of sp³-hybridized carbons (Fsp3) is 0.588. The molecule has 2 unspecified atom stereocenters. The van der Waals surface area contributed by atoms with Crippen molar-refractivity contribution in [1.82, 2.24) is 5.32 Å². The van der Waals surface area contributed by atoms with Crippen molar-refractivity contribution in [3.8, 4) is 0 Å². The van der Waals surface area contributed by atoms with Crippen molar-refractivity contribution in [1.29, 1.82) is 0 Å². The minimum Gasteiger partial charge on any atom is -0.444 e. The fourth-order valence-corrected chi connectivity index (χ4v) is 2.78. The van der Waals surface area contributed by atoms with Crippen LogP contribution in [-0.2, 0) is 4.74 Å². The molecule has 0 aromatic heterocycles. The zero-order chi connectivity index (χ0) is 16.2. The Labute approximate surface area is 131 Å². The Balaban J connectivity index is 1.86. The summed E-state index contributed by atoms with van der Waals surface area (Å²) in [7, 11) is 0. The number of anilines is 1. The van der Waals surface area contributed by atoms with Crippen molar-refractivity contribution in [3.05, 3.63) is 30.1 Å². The monoisotopic (exact) mass is 308 g/mol. The number of ether oxygens (including phenoxy) is 1. The van der Waals surface area contributed by atoms with Gasteiger partial charge in [0.05, 0.1) is 5.69 Å². The molecule has 122 valence electrons. The molecule has 2 rings (SSSR count). The number of nitrogens with one attached hydrogen (secondary N) is 2. The molecule has 0 saturated heterocycles. The maximum absolute atomic E-state index is 13.7. The number of halogens is 1. The Kier molecular flexibility index (Phi) is 5.27. The van der Waals surface area contributed by atoms with Crippen LogP contribution in [0.1, 0.15) is 40.0 Å². The number of rotatable bonds is 4. The zero-order valence-electron chi connectivity index (χ0n) is 13.5. The van der Waals surface area contributed by atoms with Gasteiger partial charge in [-0.25, -0.2) is 9.18 Å². The van der Waals surface area contributed by atoms with E-state index in [1.54, 1.807) is 12.1 Å². The molecule has 0 aliphatic heterocycles. The summed E-state index contributed by atoms with van der Waals surface area (Å²) in [6, 6.07) is 6.86. The first-order valence-corrected chi connectivity index (χ1v) is 7.83. The molecule has 2 atom stereocenters. The highest BCUT2D eigenvalue weighted by atomic mass is 19.1. The normalized spacial score (nSPS) is 21.5. The second-order valence-electron chi connectivity index (χ2n) is 6.80.